The van der Waals surface area contributed by atoms with Gasteiger partial charge in [0.15, 0.2) is 9.84 Å². The fourth-order valence-electron chi connectivity index (χ4n) is 1.55. The standard InChI is InChI=1S/C12H15FO6S/c1-8-10(13)6-9(12(15)16)7-11(8)20(17,18)5-4-19-3-2-14/h6-7,14H,2-5H2,1H3,(H,15,16). The van der Waals surface area contributed by atoms with Crippen molar-refractivity contribution in [1.82, 2.24) is 0 Å². The predicted molar refractivity (Wildman–Crippen MR) is 68.1 cm³/mol. The number of benzene rings is 1. The third-order valence-corrected chi connectivity index (χ3v) is 4.41. The number of carboxylic acids is 1. The van der Waals surface area contributed by atoms with Gasteiger partial charge < -0.3 is 14.9 Å². The number of hydrogen-bond acceptors (Lipinski definition) is 5. The van der Waals surface area contributed by atoms with Gasteiger partial charge in [-0.1, -0.05) is 0 Å². The third-order valence-electron chi connectivity index (χ3n) is 2.61. The van der Waals surface area contributed by atoms with Crippen molar-refractivity contribution >= 4 is 15.8 Å². The van der Waals surface area contributed by atoms with Crippen molar-refractivity contribution in [1.29, 1.82) is 0 Å². The van der Waals surface area contributed by atoms with E-state index in [4.69, 9.17) is 14.9 Å². The highest BCUT2D eigenvalue weighted by Gasteiger charge is 2.22. The summed E-state index contributed by atoms with van der Waals surface area (Å²) in [5.74, 6) is -2.72. The van der Waals surface area contributed by atoms with Crippen LogP contribution in [0.3, 0.4) is 0 Å². The van der Waals surface area contributed by atoms with E-state index in [9.17, 15) is 17.6 Å². The number of hydrogen-bond donors (Lipinski definition) is 2. The van der Waals surface area contributed by atoms with Gasteiger partial charge in [0.1, 0.15) is 5.82 Å². The minimum atomic E-state index is -3.86. The van der Waals surface area contributed by atoms with Crippen molar-refractivity contribution in [3.8, 4) is 0 Å². The second-order valence-electron chi connectivity index (χ2n) is 4.04. The van der Waals surface area contributed by atoms with Gasteiger partial charge in [-0.25, -0.2) is 17.6 Å². The van der Waals surface area contributed by atoms with E-state index >= 15 is 0 Å². The molecule has 0 spiro atoms. The summed E-state index contributed by atoms with van der Waals surface area (Å²) >= 11 is 0. The summed E-state index contributed by atoms with van der Waals surface area (Å²) in [5.41, 5.74) is -0.555. The average molecular weight is 306 g/mol. The SMILES string of the molecule is Cc1c(F)cc(C(=O)O)cc1S(=O)(=O)CCOCCO. The van der Waals surface area contributed by atoms with Gasteiger partial charge in [0.05, 0.1) is 36.0 Å². The van der Waals surface area contributed by atoms with E-state index in [0.29, 0.717) is 0 Å². The Hall–Kier alpha value is -1.51. The number of aliphatic hydroxyl groups is 1. The van der Waals surface area contributed by atoms with Gasteiger partial charge in [-0.2, -0.15) is 0 Å². The van der Waals surface area contributed by atoms with Gasteiger partial charge in [-0.05, 0) is 19.1 Å². The Morgan fingerprint density at radius 3 is 2.55 bits per heavy atom. The maximum absolute atomic E-state index is 13.6. The molecule has 0 aromatic heterocycles. The van der Waals surface area contributed by atoms with Crippen molar-refractivity contribution in [2.75, 3.05) is 25.6 Å². The molecular formula is C12H15FO6S. The summed E-state index contributed by atoms with van der Waals surface area (Å²) in [5, 5.41) is 17.3. The molecule has 8 heteroatoms. The van der Waals surface area contributed by atoms with E-state index in [1.807, 2.05) is 0 Å². The zero-order chi connectivity index (χ0) is 15.3. The number of aliphatic hydroxyl groups excluding tert-OH is 1. The van der Waals surface area contributed by atoms with Crippen LogP contribution in [0, 0.1) is 12.7 Å². The van der Waals surface area contributed by atoms with Crippen LogP contribution in [-0.4, -0.2) is 50.2 Å². The molecule has 0 radical (unpaired) electrons. The molecule has 2 N–H and O–H groups in total. The molecule has 1 aromatic rings. The van der Waals surface area contributed by atoms with E-state index in [-0.39, 0.29) is 30.3 Å². The quantitative estimate of drug-likeness (QED) is 0.716. The lowest BCUT2D eigenvalue weighted by molar-refractivity contribution is 0.0696. The maximum Gasteiger partial charge on any atom is 0.335 e. The van der Waals surface area contributed by atoms with Crippen LogP contribution in [0.1, 0.15) is 15.9 Å². The van der Waals surface area contributed by atoms with Crippen molar-refractivity contribution < 1.29 is 32.6 Å². The Morgan fingerprint density at radius 1 is 1.35 bits per heavy atom. The van der Waals surface area contributed by atoms with Crippen molar-refractivity contribution in [2.45, 2.75) is 11.8 Å². The molecule has 1 rings (SSSR count). The van der Waals surface area contributed by atoms with Crippen LogP contribution in [0.25, 0.3) is 0 Å². The highest BCUT2D eigenvalue weighted by Crippen LogP contribution is 2.22. The minimum Gasteiger partial charge on any atom is -0.478 e. The Kier molecular flexibility index (Phi) is 5.61. The first-order valence-corrected chi connectivity index (χ1v) is 7.39. The molecule has 0 saturated carbocycles. The lowest BCUT2D eigenvalue weighted by Gasteiger charge is -2.10. The van der Waals surface area contributed by atoms with Gasteiger partial charge in [0.25, 0.3) is 0 Å². The first-order valence-electron chi connectivity index (χ1n) is 5.74. The molecule has 0 bridgehead atoms. The van der Waals surface area contributed by atoms with Crippen molar-refractivity contribution in [3.05, 3.63) is 29.1 Å². The summed E-state index contributed by atoms with van der Waals surface area (Å²) in [4.78, 5) is 10.5. The van der Waals surface area contributed by atoms with Gasteiger partial charge in [-0.15, -0.1) is 0 Å². The Balaban J connectivity index is 3.07. The van der Waals surface area contributed by atoms with E-state index in [0.717, 1.165) is 12.1 Å². The molecule has 112 valence electrons. The Labute approximate surface area is 115 Å². The summed E-state index contributed by atoms with van der Waals surface area (Å²) in [6.07, 6.45) is 0. The summed E-state index contributed by atoms with van der Waals surface area (Å²) < 4.78 is 42.5. The van der Waals surface area contributed by atoms with Crippen LogP contribution in [0.2, 0.25) is 0 Å². The molecule has 0 aliphatic heterocycles. The van der Waals surface area contributed by atoms with Gasteiger partial charge >= 0.3 is 5.97 Å². The first-order chi connectivity index (χ1) is 9.29. The number of rotatable bonds is 7. The average Bonchev–Trinajstić information content (AvgIpc) is 2.37. The number of ether oxygens (including phenoxy) is 1. The molecular weight excluding hydrogens is 291 g/mol. The van der Waals surface area contributed by atoms with Gasteiger partial charge in [0.2, 0.25) is 0 Å². The summed E-state index contributed by atoms with van der Waals surface area (Å²) in [6, 6.07) is 1.71. The van der Waals surface area contributed by atoms with Crippen LogP contribution in [0.5, 0.6) is 0 Å². The van der Waals surface area contributed by atoms with Crippen LogP contribution < -0.4 is 0 Å². The first kappa shape index (κ1) is 16.5. The van der Waals surface area contributed by atoms with Gasteiger partial charge in [0, 0.05) is 5.56 Å². The number of carboxylic acid groups (broad SMARTS) is 1. The molecule has 1 aromatic carbocycles. The van der Waals surface area contributed by atoms with Crippen molar-refractivity contribution in [2.24, 2.45) is 0 Å². The summed E-state index contributed by atoms with van der Waals surface area (Å²) in [6.45, 7) is 0.865. The minimum absolute atomic E-state index is 0.00196. The highest BCUT2D eigenvalue weighted by atomic mass is 32.2. The number of halogens is 1. The van der Waals surface area contributed by atoms with E-state index in [2.05, 4.69) is 0 Å². The van der Waals surface area contributed by atoms with E-state index in [1.54, 1.807) is 0 Å². The van der Waals surface area contributed by atoms with Crippen LogP contribution in [0.4, 0.5) is 4.39 Å². The highest BCUT2D eigenvalue weighted by molar-refractivity contribution is 7.91. The largest absolute Gasteiger partial charge is 0.478 e. The number of carbonyl (C=O) groups is 1. The number of aromatic carboxylic acids is 1. The van der Waals surface area contributed by atoms with Crippen molar-refractivity contribution in [3.63, 3.8) is 0 Å². The third kappa shape index (κ3) is 3.99. The second-order valence-corrected chi connectivity index (χ2v) is 6.12. The monoisotopic (exact) mass is 306 g/mol. The fourth-order valence-corrected chi connectivity index (χ4v) is 2.97. The maximum atomic E-state index is 13.6. The molecule has 20 heavy (non-hydrogen) atoms. The molecule has 0 heterocycles. The molecule has 0 atom stereocenters. The lowest BCUT2D eigenvalue weighted by Crippen LogP contribution is -2.16. The van der Waals surface area contributed by atoms with Crippen LogP contribution in [-0.2, 0) is 14.6 Å². The van der Waals surface area contributed by atoms with E-state index in [1.165, 1.54) is 6.92 Å². The fraction of sp³-hybridized carbons (Fsp3) is 0.417. The molecule has 6 nitrogen and oxygen atoms in total. The normalized spacial score (nSPS) is 11.6. The van der Waals surface area contributed by atoms with Gasteiger partial charge in [-0.3, -0.25) is 0 Å². The zero-order valence-corrected chi connectivity index (χ0v) is 11.6. The molecule has 0 unspecified atom stereocenters. The van der Waals surface area contributed by atoms with Crippen LogP contribution in [0.15, 0.2) is 17.0 Å². The molecule has 0 saturated heterocycles. The molecule has 0 aliphatic rings. The second kappa shape index (κ2) is 6.78. The smallest absolute Gasteiger partial charge is 0.335 e. The Morgan fingerprint density at radius 2 is 2.00 bits per heavy atom. The Bertz CT molecular complexity index is 596. The molecule has 0 fully saturated rings. The summed E-state index contributed by atoms with van der Waals surface area (Å²) in [7, 11) is -3.86. The topological polar surface area (TPSA) is 101 Å². The zero-order valence-electron chi connectivity index (χ0n) is 10.8. The number of sulfone groups is 1. The molecule has 0 aliphatic carbocycles. The van der Waals surface area contributed by atoms with E-state index < -0.39 is 32.9 Å². The van der Waals surface area contributed by atoms with Crippen LogP contribution >= 0.6 is 0 Å². The molecule has 0 amide bonds. The predicted octanol–water partition coefficient (Wildman–Crippen LogP) is 0.615. The lowest BCUT2D eigenvalue weighted by atomic mass is 10.1.